The van der Waals surface area contributed by atoms with Gasteiger partial charge in [-0.1, -0.05) is 210 Å². The third-order valence-corrected chi connectivity index (χ3v) is 17.2. The third-order valence-electron chi connectivity index (χ3n) is 17.2. The molecule has 16 rings (SSSR count). The highest BCUT2D eigenvalue weighted by Crippen LogP contribution is 2.65. The fourth-order valence-electron chi connectivity index (χ4n) is 13.9. The first-order valence-corrected chi connectivity index (χ1v) is 29.4. The maximum Gasteiger partial charge on any atom is 0.132 e. The summed E-state index contributed by atoms with van der Waals surface area (Å²) < 4.78 is 13.5. The highest BCUT2D eigenvalue weighted by molar-refractivity contribution is 5.95. The molecular weight excluding hydrogens is 997 g/mol. The van der Waals surface area contributed by atoms with Crippen LogP contribution in [0, 0.1) is 0 Å². The van der Waals surface area contributed by atoms with E-state index in [0.717, 1.165) is 116 Å². The Morgan fingerprint density at radius 3 is 0.939 bits per heavy atom. The number of anilines is 6. The molecule has 0 aromatic heterocycles. The summed E-state index contributed by atoms with van der Waals surface area (Å²) in [5, 5.41) is 0. The lowest BCUT2D eigenvalue weighted by molar-refractivity contribution is 0.433. The Kier molecular flexibility index (Phi) is 12.8. The Labute approximate surface area is 482 Å². The monoisotopic (exact) mass is 1060 g/mol. The van der Waals surface area contributed by atoms with Gasteiger partial charge in [-0.2, -0.15) is 0 Å². The quantitative estimate of drug-likeness (QED) is 0.171. The van der Waals surface area contributed by atoms with Crippen LogP contribution in [0.2, 0.25) is 0 Å². The Balaban J connectivity index is 0.00000147. The average molecular weight is 1060 g/mol. The molecule has 6 aliphatic rings. The van der Waals surface area contributed by atoms with Gasteiger partial charge in [0, 0.05) is 33.6 Å². The molecule has 0 N–H and O–H groups in total. The Morgan fingerprint density at radius 2 is 0.598 bits per heavy atom. The largest absolute Gasteiger partial charge is 0.457 e. The van der Waals surface area contributed by atoms with E-state index >= 15 is 0 Å². The van der Waals surface area contributed by atoms with E-state index in [1.165, 1.54) is 44.5 Å². The molecule has 82 heavy (non-hydrogen) atoms. The number of para-hydroxylation sites is 6. The summed E-state index contributed by atoms with van der Waals surface area (Å²) in [5.74, 6) is 3.54. The molecule has 398 valence electrons. The lowest BCUT2D eigenvalue weighted by atomic mass is 9.61. The molecule has 4 heterocycles. The van der Waals surface area contributed by atoms with Gasteiger partial charge in [0.25, 0.3) is 0 Å². The summed E-state index contributed by atoms with van der Waals surface area (Å²) in [6, 6.07) is 85.0. The van der Waals surface area contributed by atoms with Crippen LogP contribution in [0.25, 0.3) is 22.3 Å². The Morgan fingerprint density at radius 1 is 0.293 bits per heavy atom. The van der Waals surface area contributed by atoms with Crippen molar-refractivity contribution in [3.05, 3.63) is 323 Å². The summed E-state index contributed by atoms with van der Waals surface area (Å²) in [6.07, 6.45) is 18.2. The maximum absolute atomic E-state index is 6.75. The number of fused-ring (bicyclic) bond motifs is 16. The SMILES string of the molecule is C1=CC(c2ccc3c(c2)C2(c4ccccc4Oc4ccccc42)c2ccccc2N3c2ccc(-c3ccc(N4c5ccccc5C5(c6ccccc6Oc6ccccc65)c5cc(C6=CCCC=C6)ccc54)cc3)cc2)=CCC1.CC.CC. The van der Waals surface area contributed by atoms with E-state index in [4.69, 9.17) is 9.47 Å². The number of allylic oxidation sites excluding steroid dienone is 8. The van der Waals surface area contributed by atoms with Gasteiger partial charge in [-0.05, 0) is 166 Å². The van der Waals surface area contributed by atoms with E-state index in [-0.39, 0.29) is 0 Å². The lowest BCUT2D eigenvalue weighted by Crippen LogP contribution is -2.39. The molecule has 0 saturated carbocycles. The molecule has 0 amide bonds. The zero-order valence-electron chi connectivity index (χ0n) is 46.9. The third kappa shape index (κ3) is 7.65. The average Bonchev–Trinajstić information content (AvgIpc) is 1.09. The van der Waals surface area contributed by atoms with Crippen molar-refractivity contribution in [1.82, 2.24) is 0 Å². The standard InChI is InChI=1S/C74H52N2O2.2C2H6/c1-3-19-49(20-4-1)53-39-45-67-63(47-53)73(59-25-9-15-31-69(59)77-70-32-16-10-26-60(70)73)57-23-7-13-29-65(57)75(67)55-41-35-51(36-42-55)52-37-43-56(44-38-52)76-66-30-14-8-24-58(66)74(64-48-54(40-46-68(64)76)50-21-5-2-6-22-50)61-27-11-17-33-71(61)78-72-34-18-12-28-62(72)74;2*1-2/h3,5,7-48H,1-2,4,6H2;2*1-2H3. The van der Waals surface area contributed by atoms with Gasteiger partial charge in [-0.25, -0.2) is 0 Å². The topological polar surface area (TPSA) is 24.9 Å². The highest BCUT2D eigenvalue weighted by Gasteiger charge is 2.53. The van der Waals surface area contributed by atoms with E-state index in [9.17, 15) is 0 Å². The van der Waals surface area contributed by atoms with Crippen molar-refractivity contribution in [3.63, 3.8) is 0 Å². The van der Waals surface area contributed by atoms with Crippen molar-refractivity contribution < 1.29 is 9.47 Å². The van der Waals surface area contributed by atoms with E-state index in [0.29, 0.717) is 0 Å². The maximum atomic E-state index is 6.75. The molecule has 10 aromatic rings. The fourth-order valence-corrected chi connectivity index (χ4v) is 13.9. The molecule has 4 nitrogen and oxygen atoms in total. The predicted octanol–water partition coefficient (Wildman–Crippen LogP) is 21.4. The van der Waals surface area contributed by atoms with Crippen LogP contribution in [0.15, 0.2) is 267 Å². The van der Waals surface area contributed by atoms with Gasteiger partial charge < -0.3 is 19.3 Å². The molecule has 4 heteroatoms. The van der Waals surface area contributed by atoms with Crippen LogP contribution in [-0.4, -0.2) is 0 Å². The molecule has 0 saturated heterocycles. The molecular formula is C78H64N2O2. The van der Waals surface area contributed by atoms with E-state index < -0.39 is 10.8 Å². The molecule has 10 aromatic carbocycles. The molecule has 0 fully saturated rings. The predicted molar refractivity (Wildman–Crippen MR) is 341 cm³/mol. The van der Waals surface area contributed by atoms with Crippen LogP contribution >= 0.6 is 0 Å². The Hall–Kier alpha value is -9.64. The summed E-state index contributed by atoms with van der Waals surface area (Å²) in [5.41, 5.74) is 22.3. The molecule has 2 aliphatic carbocycles. The minimum Gasteiger partial charge on any atom is -0.457 e. The van der Waals surface area contributed by atoms with Gasteiger partial charge in [0.15, 0.2) is 0 Å². The van der Waals surface area contributed by atoms with Gasteiger partial charge in [0.2, 0.25) is 0 Å². The first-order valence-electron chi connectivity index (χ1n) is 29.4. The van der Waals surface area contributed by atoms with Crippen LogP contribution in [0.1, 0.15) is 109 Å². The van der Waals surface area contributed by atoms with Gasteiger partial charge in [-0.3, -0.25) is 0 Å². The van der Waals surface area contributed by atoms with Crippen molar-refractivity contribution in [2.24, 2.45) is 0 Å². The van der Waals surface area contributed by atoms with Crippen molar-refractivity contribution in [2.45, 2.75) is 64.2 Å². The minimum atomic E-state index is -0.632. The smallest absolute Gasteiger partial charge is 0.132 e. The number of rotatable bonds is 5. The fraction of sp³-hybridized carbons (Fsp3) is 0.128. The number of ether oxygens (including phenoxy) is 2. The van der Waals surface area contributed by atoms with Gasteiger partial charge in [0.05, 0.1) is 33.6 Å². The normalized spacial score (nSPS) is 15.5. The van der Waals surface area contributed by atoms with Crippen LogP contribution in [-0.2, 0) is 10.8 Å². The van der Waals surface area contributed by atoms with Crippen molar-refractivity contribution in [1.29, 1.82) is 0 Å². The summed E-state index contributed by atoms with van der Waals surface area (Å²) in [6.45, 7) is 8.00. The van der Waals surface area contributed by atoms with E-state index in [1.54, 1.807) is 0 Å². The molecule has 4 aliphatic heterocycles. The van der Waals surface area contributed by atoms with Crippen molar-refractivity contribution >= 4 is 45.3 Å². The summed E-state index contributed by atoms with van der Waals surface area (Å²) in [7, 11) is 0. The number of hydrogen-bond donors (Lipinski definition) is 0. The number of hydrogen-bond acceptors (Lipinski definition) is 4. The highest BCUT2D eigenvalue weighted by atomic mass is 16.5. The van der Waals surface area contributed by atoms with E-state index in [1.807, 2.05) is 27.7 Å². The van der Waals surface area contributed by atoms with Gasteiger partial charge in [-0.15, -0.1) is 0 Å². The van der Waals surface area contributed by atoms with Gasteiger partial charge >= 0.3 is 0 Å². The second-order valence-electron chi connectivity index (χ2n) is 21.2. The van der Waals surface area contributed by atoms with Crippen LogP contribution in [0.4, 0.5) is 34.1 Å². The summed E-state index contributed by atoms with van der Waals surface area (Å²) >= 11 is 0. The van der Waals surface area contributed by atoms with Gasteiger partial charge in [0.1, 0.15) is 23.0 Å². The van der Waals surface area contributed by atoms with Crippen molar-refractivity contribution in [2.75, 3.05) is 9.80 Å². The number of nitrogens with zero attached hydrogens (tertiary/aromatic N) is 2. The lowest BCUT2D eigenvalue weighted by Gasteiger charge is -2.48. The zero-order valence-corrected chi connectivity index (χ0v) is 46.9. The van der Waals surface area contributed by atoms with Crippen LogP contribution in [0.5, 0.6) is 23.0 Å². The van der Waals surface area contributed by atoms with Crippen molar-refractivity contribution in [3.8, 4) is 34.1 Å². The van der Waals surface area contributed by atoms with Crippen LogP contribution < -0.4 is 19.3 Å². The number of benzene rings is 10. The minimum absolute atomic E-state index is 0.632. The second-order valence-corrected chi connectivity index (χ2v) is 21.2. The van der Waals surface area contributed by atoms with E-state index in [2.05, 4.69) is 277 Å². The first kappa shape index (κ1) is 50.6. The molecule has 0 atom stereocenters. The first-order chi connectivity index (χ1) is 40.7. The molecule has 0 bridgehead atoms. The molecule has 0 radical (unpaired) electrons. The zero-order chi connectivity index (χ0) is 55.4. The van der Waals surface area contributed by atoms with Crippen LogP contribution in [0.3, 0.4) is 0 Å². The molecule has 0 unspecified atom stereocenters. The Bertz CT molecular complexity index is 3870. The summed E-state index contributed by atoms with van der Waals surface area (Å²) in [4.78, 5) is 4.94. The molecule has 2 spiro atoms. The second kappa shape index (κ2) is 20.8.